The Morgan fingerprint density at radius 2 is 2.25 bits per heavy atom. The van der Waals surface area contributed by atoms with Gasteiger partial charge in [0.2, 0.25) is 0 Å². The van der Waals surface area contributed by atoms with Crippen LogP contribution in [0.3, 0.4) is 0 Å². The van der Waals surface area contributed by atoms with Gasteiger partial charge in [-0.15, -0.1) is 0 Å². The van der Waals surface area contributed by atoms with Crippen molar-refractivity contribution in [3.05, 3.63) is 23.0 Å². The lowest BCUT2D eigenvalue weighted by Crippen LogP contribution is -2.56. The first-order valence-electron chi connectivity index (χ1n) is 5.46. The van der Waals surface area contributed by atoms with Crippen molar-refractivity contribution in [1.82, 2.24) is 5.32 Å². The Bertz CT molecular complexity index is 424. The van der Waals surface area contributed by atoms with E-state index in [0.29, 0.717) is 6.04 Å². The van der Waals surface area contributed by atoms with E-state index in [0.717, 1.165) is 37.6 Å². The van der Waals surface area contributed by atoms with Gasteiger partial charge in [-0.2, -0.15) is 0 Å². The highest BCUT2D eigenvalue weighted by molar-refractivity contribution is 6.31. The molecule has 0 saturated carbocycles. The fourth-order valence-corrected chi connectivity index (χ4v) is 2.56. The van der Waals surface area contributed by atoms with Gasteiger partial charge in [-0.1, -0.05) is 11.6 Å². The number of benzene rings is 1. The topological polar surface area (TPSA) is 27.3 Å². The lowest BCUT2D eigenvalue weighted by Gasteiger charge is -2.42. The first kappa shape index (κ1) is 10.2. The van der Waals surface area contributed by atoms with Gasteiger partial charge >= 0.3 is 0 Å². The van der Waals surface area contributed by atoms with Gasteiger partial charge in [0.05, 0.1) is 22.4 Å². The Hall–Kier alpha value is -1.00. The normalized spacial score (nSPS) is 23.4. The molecule has 2 N–H and O–H groups in total. The van der Waals surface area contributed by atoms with Crippen LogP contribution >= 0.6 is 11.6 Å². The molecule has 1 saturated heterocycles. The van der Waals surface area contributed by atoms with Crippen LogP contribution < -0.4 is 15.5 Å². The van der Waals surface area contributed by atoms with E-state index in [1.54, 1.807) is 6.07 Å². The summed E-state index contributed by atoms with van der Waals surface area (Å²) in [4.78, 5) is 2.30. The monoisotopic (exact) mass is 241 g/mol. The molecule has 1 atom stereocenters. The molecule has 1 fully saturated rings. The van der Waals surface area contributed by atoms with Crippen molar-refractivity contribution in [3.63, 3.8) is 0 Å². The van der Waals surface area contributed by atoms with Crippen molar-refractivity contribution in [1.29, 1.82) is 0 Å². The SMILES string of the molecule is Fc1cc2c(cc1Cl)N1CCNCC1CN2. The number of hydrogen-bond donors (Lipinski definition) is 2. The first-order chi connectivity index (χ1) is 7.75. The number of halogens is 2. The van der Waals surface area contributed by atoms with E-state index in [4.69, 9.17) is 11.6 Å². The van der Waals surface area contributed by atoms with Gasteiger partial charge in [-0.25, -0.2) is 4.39 Å². The van der Waals surface area contributed by atoms with Crippen molar-refractivity contribution in [2.24, 2.45) is 0 Å². The van der Waals surface area contributed by atoms with Gasteiger partial charge < -0.3 is 15.5 Å². The van der Waals surface area contributed by atoms with Crippen molar-refractivity contribution in [2.75, 3.05) is 36.4 Å². The van der Waals surface area contributed by atoms with Crippen LogP contribution in [0.1, 0.15) is 0 Å². The van der Waals surface area contributed by atoms with Crippen LogP contribution in [0, 0.1) is 5.82 Å². The molecule has 0 radical (unpaired) electrons. The Balaban J connectivity index is 2.04. The highest BCUT2D eigenvalue weighted by atomic mass is 35.5. The summed E-state index contributed by atoms with van der Waals surface area (Å²) in [7, 11) is 0. The molecular formula is C11H13ClFN3. The lowest BCUT2D eigenvalue weighted by molar-refractivity contribution is 0.481. The number of piperazine rings is 1. The van der Waals surface area contributed by atoms with Crippen molar-refractivity contribution >= 4 is 23.0 Å². The van der Waals surface area contributed by atoms with E-state index in [2.05, 4.69) is 15.5 Å². The summed E-state index contributed by atoms with van der Waals surface area (Å²) in [5, 5.41) is 6.80. The smallest absolute Gasteiger partial charge is 0.143 e. The van der Waals surface area contributed by atoms with E-state index < -0.39 is 0 Å². The Morgan fingerprint density at radius 1 is 1.38 bits per heavy atom. The van der Waals surface area contributed by atoms with E-state index >= 15 is 0 Å². The Labute approximate surface area is 98.6 Å². The lowest BCUT2D eigenvalue weighted by atomic mass is 10.1. The van der Waals surface area contributed by atoms with Crippen LogP contribution in [-0.4, -0.2) is 32.2 Å². The fraction of sp³-hybridized carbons (Fsp3) is 0.455. The molecule has 16 heavy (non-hydrogen) atoms. The Kier molecular flexibility index (Phi) is 2.41. The minimum absolute atomic E-state index is 0.194. The van der Waals surface area contributed by atoms with Crippen molar-refractivity contribution < 1.29 is 4.39 Å². The van der Waals surface area contributed by atoms with Gasteiger partial charge in [-0.3, -0.25) is 0 Å². The first-order valence-corrected chi connectivity index (χ1v) is 5.84. The summed E-state index contributed by atoms with van der Waals surface area (Å²) < 4.78 is 13.3. The summed E-state index contributed by atoms with van der Waals surface area (Å²) in [6, 6.07) is 3.63. The summed E-state index contributed by atoms with van der Waals surface area (Å²) >= 11 is 5.83. The Morgan fingerprint density at radius 3 is 3.12 bits per heavy atom. The zero-order chi connectivity index (χ0) is 11.1. The molecule has 1 aromatic rings. The van der Waals surface area contributed by atoms with Crippen LogP contribution in [-0.2, 0) is 0 Å². The number of fused-ring (bicyclic) bond motifs is 3. The minimum atomic E-state index is -0.360. The maximum Gasteiger partial charge on any atom is 0.143 e. The largest absolute Gasteiger partial charge is 0.381 e. The van der Waals surface area contributed by atoms with E-state index in [1.807, 2.05) is 0 Å². The van der Waals surface area contributed by atoms with Gasteiger partial charge in [0.25, 0.3) is 0 Å². The molecule has 0 aromatic heterocycles. The zero-order valence-corrected chi connectivity index (χ0v) is 9.52. The average Bonchev–Trinajstić information content (AvgIpc) is 2.31. The third-order valence-corrected chi connectivity index (χ3v) is 3.52. The summed E-state index contributed by atoms with van der Waals surface area (Å²) in [6.07, 6.45) is 0. The molecule has 3 rings (SSSR count). The van der Waals surface area contributed by atoms with E-state index in [-0.39, 0.29) is 10.8 Å². The second-order valence-corrected chi connectivity index (χ2v) is 4.62. The van der Waals surface area contributed by atoms with Gasteiger partial charge in [0.15, 0.2) is 0 Å². The van der Waals surface area contributed by atoms with Gasteiger partial charge in [0.1, 0.15) is 5.82 Å². The zero-order valence-electron chi connectivity index (χ0n) is 8.76. The molecule has 86 valence electrons. The third-order valence-electron chi connectivity index (χ3n) is 3.23. The molecule has 1 unspecified atom stereocenters. The quantitative estimate of drug-likeness (QED) is 0.724. The molecule has 0 aliphatic carbocycles. The average molecular weight is 242 g/mol. The standard InChI is InChI=1S/C11H13ClFN3/c12-8-3-11-10(4-9(8)13)15-6-7-5-14-1-2-16(7)11/h3-4,7,14-15H,1-2,5-6H2. The predicted molar refractivity (Wildman–Crippen MR) is 63.9 cm³/mol. The van der Waals surface area contributed by atoms with E-state index in [1.165, 1.54) is 6.07 Å². The molecule has 0 amide bonds. The van der Waals surface area contributed by atoms with Crippen molar-refractivity contribution in [3.8, 4) is 0 Å². The van der Waals surface area contributed by atoms with Crippen LogP contribution in [0.15, 0.2) is 12.1 Å². The second-order valence-electron chi connectivity index (χ2n) is 4.22. The maximum atomic E-state index is 13.3. The molecular weight excluding hydrogens is 229 g/mol. The van der Waals surface area contributed by atoms with Crippen LogP contribution in [0.4, 0.5) is 15.8 Å². The van der Waals surface area contributed by atoms with Crippen molar-refractivity contribution in [2.45, 2.75) is 6.04 Å². The van der Waals surface area contributed by atoms with E-state index in [9.17, 15) is 4.39 Å². The van der Waals surface area contributed by atoms with Crippen LogP contribution in [0.25, 0.3) is 0 Å². The number of anilines is 2. The predicted octanol–water partition coefficient (Wildman–Crippen LogP) is 1.68. The highest BCUT2D eigenvalue weighted by Gasteiger charge is 2.28. The molecule has 3 nitrogen and oxygen atoms in total. The maximum absolute atomic E-state index is 13.3. The molecule has 1 aromatic carbocycles. The second kappa shape index (κ2) is 3.79. The third kappa shape index (κ3) is 1.53. The summed E-state index contributed by atoms with van der Waals surface area (Å²) in [5.41, 5.74) is 1.87. The number of rotatable bonds is 0. The fourth-order valence-electron chi connectivity index (χ4n) is 2.40. The molecule has 5 heteroatoms. The highest BCUT2D eigenvalue weighted by Crippen LogP contribution is 2.35. The number of hydrogen-bond acceptors (Lipinski definition) is 3. The number of nitrogens with one attached hydrogen (secondary N) is 2. The molecule has 0 bridgehead atoms. The minimum Gasteiger partial charge on any atom is -0.381 e. The summed E-state index contributed by atoms with van der Waals surface area (Å²) in [5.74, 6) is -0.360. The molecule has 2 aliphatic heterocycles. The molecule has 2 aliphatic rings. The molecule has 0 spiro atoms. The van der Waals surface area contributed by atoms with Gasteiger partial charge in [0, 0.05) is 32.2 Å². The van der Waals surface area contributed by atoms with Crippen LogP contribution in [0.2, 0.25) is 5.02 Å². The van der Waals surface area contributed by atoms with Crippen LogP contribution in [0.5, 0.6) is 0 Å². The van der Waals surface area contributed by atoms with Gasteiger partial charge in [-0.05, 0) is 6.07 Å². The summed E-state index contributed by atoms with van der Waals surface area (Å²) in [6.45, 7) is 3.72. The number of nitrogens with zero attached hydrogens (tertiary/aromatic N) is 1. The molecule has 2 heterocycles.